The Morgan fingerprint density at radius 3 is 2.88 bits per heavy atom. The first-order valence-corrected chi connectivity index (χ1v) is 8.94. The fraction of sp³-hybridized carbons (Fsp3) is 0.471. The maximum Gasteiger partial charge on any atom is 0.281 e. The van der Waals surface area contributed by atoms with Crippen molar-refractivity contribution in [3.8, 4) is 0 Å². The van der Waals surface area contributed by atoms with Crippen molar-refractivity contribution in [2.75, 3.05) is 24.2 Å². The molecule has 0 spiro atoms. The number of oxazole rings is 1. The summed E-state index contributed by atoms with van der Waals surface area (Å²) >= 11 is 1.30. The van der Waals surface area contributed by atoms with Crippen molar-refractivity contribution in [2.45, 2.75) is 32.6 Å². The summed E-state index contributed by atoms with van der Waals surface area (Å²) < 4.78 is 5.75. The molecule has 24 heavy (non-hydrogen) atoms. The monoisotopic (exact) mass is 347 g/mol. The first-order chi connectivity index (χ1) is 11.3. The van der Waals surface area contributed by atoms with Crippen molar-refractivity contribution in [1.29, 1.82) is 0 Å². The molecule has 0 aliphatic carbocycles. The molecular weight excluding hydrogens is 326 g/mol. The highest BCUT2D eigenvalue weighted by molar-refractivity contribution is 8.13. The van der Waals surface area contributed by atoms with Crippen LogP contribution in [0, 0.1) is 0 Å². The number of nitrogens with one attached hydrogen (secondary N) is 1. The van der Waals surface area contributed by atoms with Gasteiger partial charge in [-0.25, -0.2) is 4.98 Å². The average Bonchev–Trinajstić information content (AvgIpc) is 3.10. The summed E-state index contributed by atoms with van der Waals surface area (Å²) in [6.07, 6.45) is 0.288. The molecule has 0 bridgehead atoms. The molecule has 128 valence electrons. The molecule has 1 saturated heterocycles. The van der Waals surface area contributed by atoms with Crippen LogP contribution in [-0.2, 0) is 10.2 Å². The maximum atomic E-state index is 12.1. The highest BCUT2D eigenvalue weighted by Gasteiger charge is 2.22. The van der Waals surface area contributed by atoms with Gasteiger partial charge in [0.05, 0.1) is 0 Å². The smallest absolute Gasteiger partial charge is 0.281 e. The van der Waals surface area contributed by atoms with Gasteiger partial charge in [0.25, 0.3) is 5.24 Å². The fourth-order valence-corrected chi connectivity index (χ4v) is 3.27. The average molecular weight is 347 g/mol. The molecule has 2 amide bonds. The Balaban J connectivity index is 1.64. The van der Waals surface area contributed by atoms with E-state index in [1.165, 1.54) is 11.8 Å². The number of hydrogen-bond acceptors (Lipinski definition) is 5. The van der Waals surface area contributed by atoms with E-state index in [1.807, 2.05) is 32.9 Å². The van der Waals surface area contributed by atoms with Crippen LogP contribution in [0.4, 0.5) is 10.5 Å². The maximum absolute atomic E-state index is 12.1. The fourth-order valence-electron chi connectivity index (χ4n) is 2.41. The highest BCUT2D eigenvalue weighted by Crippen LogP contribution is 2.27. The minimum absolute atomic E-state index is 0.0570. The van der Waals surface area contributed by atoms with Crippen molar-refractivity contribution in [3.05, 3.63) is 24.1 Å². The number of anilines is 1. The molecule has 2 heterocycles. The molecular formula is C17H21N3O3S. The number of fused-ring (bicyclic) bond motifs is 1. The van der Waals surface area contributed by atoms with Gasteiger partial charge in [0.1, 0.15) is 5.52 Å². The van der Waals surface area contributed by atoms with Crippen molar-refractivity contribution in [3.63, 3.8) is 0 Å². The van der Waals surface area contributed by atoms with Crippen LogP contribution in [0.15, 0.2) is 22.6 Å². The molecule has 0 unspecified atom stereocenters. The van der Waals surface area contributed by atoms with Gasteiger partial charge in [0.15, 0.2) is 5.58 Å². The lowest BCUT2D eigenvalue weighted by Crippen LogP contribution is -2.27. The quantitative estimate of drug-likeness (QED) is 0.914. The predicted octanol–water partition coefficient (Wildman–Crippen LogP) is 3.62. The molecule has 1 aliphatic heterocycles. The third-order valence-electron chi connectivity index (χ3n) is 3.77. The van der Waals surface area contributed by atoms with Gasteiger partial charge in [-0.15, -0.1) is 0 Å². The standard InChI is InChI=1S/C17H21N3O3S/c1-17(2,3)15-19-12-10-11(4-5-13(12)23-15)18-14(21)6-7-20-8-9-24-16(20)22/h4-5,10H,6-9H2,1-3H3,(H,18,21). The third kappa shape index (κ3) is 3.72. The third-order valence-corrected chi connectivity index (χ3v) is 4.66. The minimum Gasteiger partial charge on any atom is -0.440 e. The van der Waals surface area contributed by atoms with Crippen LogP contribution < -0.4 is 5.32 Å². The molecule has 1 aliphatic rings. The summed E-state index contributed by atoms with van der Waals surface area (Å²) in [7, 11) is 0. The number of thioether (sulfide) groups is 1. The number of carbonyl (C=O) groups excluding carboxylic acids is 2. The first kappa shape index (κ1) is 16.8. The van der Waals surface area contributed by atoms with E-state index in [2.05, 4.69) is 10.3 Å². The van der Waals surface area contributed by atoms with Gasteiger partial charge < -0.3 is 14.6 Å². The van der Waals surface area contributed by atoms with E-state index in [0.717, 1.165) is 17.8 Å². The first-order valence-electron chi connectivity index (χ1n) is 7.95. The zero-order valence-electron chi connectivity index (χ0n) is 14.1. The van der Waals surface area contributed by atoms with Gasteiger partial charge in [-0.1, -0.05) is 32.5 Å². The Labute approximate surface area is 145 Å². The number of hydrogen-bond donors (Lipinski definition) is 1. The van der Waals surface area contributed by atoms with Crippen LogP contribution in [0.5, 0.6) is 0 Å². The van der Waals surface area contributed by atoms with E-state index in [0.29, 0.717) is 23.7 Å². The van der Waals surface area contributed by atoms with Crippen LogP contribution >= 0.6 is 11.8 Å². The topological polar surface area (TPSA) is 75.4 Å². The van der Waals surface area contributed by atoms with E-state index in [-0.39, 0.29) is 23.0 Å². The summed E-state index contributed by atoms with van der Waals surface area (Å²) in [6, 6.07) is 5.42. The van der Waals surface area contributed by atoms with Crippen LogP contribution in [0.3, 0.4) is 0 Å². The molecule has 1 aromatic heterocycles. The lowest BCUT2D eigenvalue weighted by atomic mass is 9.97. The van der Waals surface area contributed by atoms with Crippen molar-refractivity contribution >= 4 is 39.7 Å². The van der Waals surface area contributed by atoms with E-state index >= 15 is 0 Å². The molecule has 0 atom stereocenters. The number of carbonyl (C=O) groups is 2. The van der Waals surface area contributed by atoms with Gasteiger partial charge in [-0.2, -0.15) is 0 Å². The second-order valence-corrected chi connectivity index (χ2v) is 7.90. The number of aromatic nitrogens is 1. The molecule has 1 aromatic carbocycles. The largest absolute Gasteiger partial charge is 0.440 e. The Bertz CT molecular complexity index is 779. The summed E-state index contributed by atoms with van der Waals surface area (Å²) in [4.78, 5) is 29.8. The Kier molecular flexibility index (Phi) is 4.54. The molecule has 1 fully saturated rings. The molecule has 7 heteroatoms. The zero-order valence-corrected chi connectivity index (χ0v) is 14.9. The molecule has 3 rings (SSSR count). The number of amides is 2. The Morgan fingerprint density at radius 2 is 2.21 bits per heavy atom. The van der Waals surface area contributed by atoms with Gasteiger partial charge in [0, 0.05) is 36.4 Å². The highest BCUT2D eigenvalue weighted by atomic mass is 32.2. The zero-order chi connectivity index (χ0) is 17.3. The van der Waals surface area contributed by atoms with Crippen molar-refractivity contribution in [1.82, 2.24) is 9.88 Å². The number of nitrogens with zero attached hydrogens (tertiary/aromatic N) is 2. The van der Waals surface area contributed by atoms with Crippen LogP contribution in [0.25, 0.3) is 11.1 Å². The molecule has 1 N–H and O–H groups in total. The number of benzene rings is 1. The van der Waals surface area contributed by atoms with E-state index in [4.69, 9.17) is 4.42 Å². The van der Waals surface area contributed by atoms with Crippen LogP contribution in [-0.4, -0.2) is 39.9 Å². The normalized spacial score (nSPS) is 15.3. The second-order valence-electron chi connectivity index (χ2n) is 6.85. The van der Waals surface area contributed by atoms with E-state index < -0.39 is 0 Å². The van der Waals surface area contributed by atoms with Gasteiger partial charge in [-0.3, -0.25) is 9.59 Å². The van der Waals surface area contributed by atoms with Crippen LogP contribution in [0.1, 0.15) is 33.1 Å². The Morgan fingerprint density at radius 1 is 1.42 bits per heavy atom. The van der Waals surface area contributed by atoms with Crippen molar-refractivity contribution < 1.29 is 14.0 Å². The van der Waals surface area contributed by atoms with E-state index in [9.17, 15) is 9.59 Å². The lowest BCUT2D eigenvalue weighted by molar-refractivity contribution is -0.116. The Hall–Kier alpha value is -2.02. The molecule has 6 nitrogen and oxygen atoms in total. The summed E-state index contributed by atoms with van der Waals surface area (Å²) in [5, 5.41) is 2.91. The summed E-state index contributed by atoms with van der Waals surface area (Å²) in [5.41, 5.74) is 1.95. The second kappa shape index (κ2) is 6.47. The molecule has 0 radical (unpaired) electrons. The molecule has 2 aromatic rings. The molecule has 0 saturated carbocycles. The SMILES string of the molecule is CC(C)(C)c1nc2cc(NC(=O)CCN3CCSC3=O)ccc2o1. The van der Waals surface area contributed by atoms with E-state index in [1.54, 1.807) is 11.0 Å². The number of rotatable bonds is 4. The van der Waals surface area contributed by atoms with Gasteiger partial charge in [-0.05, 0) is 18.2 Å². The lowest BCUT2D eigenvalue weighted by Gasteiger charge is -2.13. The van der Waals surface area contributed by atoms with Crippen LogP contribution in [0.2, 0.25) is 0 Å². The summed E-state index contributed by atoms with van der Waals surface area (Å²) in [5.74, 6) is 1.36. The van der Waals surface area contributed by atoms with Crippen molar-refractivity contribution in [2.24, 2.45) is 0 Å². The van der Waals surface area contributed by atoms with Gasteiger partial charge >= 0.3 is 0 Å². The predicted molar refractivity (Wildman–Crippen MR) is 95.4 cm³/mol. The minimum atomic E-state index is -0.164. The summed E-state index contributed by atoms with van der Waals surface area (Å²) in [6.45, 7) is 7.30. The van der Waals surface area contributed by atoms with Gasteiger partial charge in [0.2, 0.25) is 11.8 Å².